The van der Waals surface area contributed by atoms with Gasteiger partial charge in [-0.1, -0.05) is 19.8 Å². The van der Waals surface area contributed by atoms with Crippen molar-refractivity contribution in [2.24, 2.45) is 5.92 Å². The maximum atomic E-state index is 12.5. The number of benzene rings is 1. The van der Waals surface area contributed by atoms with Crippen LogP contribution in [-0.2, 0) is 0 Å². The van der Waals surface area contributed by atoms with E-state index in [-0.39, 0.29) is 17.2 Å². The van der Waals surface area contributed by atoms with Crippen LogP contribution in [0.5, 0.6) is 0 Å². The molecule has 1 aromatic rings. The summed E-state index contributed by atoms with van der Waals surface area (Å²) in [7, 11) is 0. The largest absolute Gasteiger partial charge is 0.398 e. The van der Waals surface area contributed by atoms with Gasteiger partial charge in [-0.2, -0.15) is 0 Å². The van der Waals surface area contributed by atoms with Gasteiger partial charge in [0.05, 0.1) is 10.5 Å². The fourth-order valence-corrected chi connectivity index (χ4v) is 2.85. The third kappa shape index (κ3) is 3.51. The van der Waals surface area contributed by atoms with E-state index in [9.17, 15) is 14.9 Å². The van der Waals surface area contributed by atoms with E-state index in [1.807, 2.05) is 0 Å². The molecule has 1 aliphatic rings. The Morgan fingerprint density at radius 3 is 2.67 bits per heavy atom. The molecule has 21 heavy (non-hydrogen) atoms. The quantitative estimate of drug-likeness (QED) is 0.524. The van der Waals surface area contributed by atoms with Crippen LogP contribution >= 0.6 is 0 Å². The zero-order chi connectivity index (χ0) is 15.4. The normalized spacial score (nSPS) is 16.0. The molecule has 0 aromatic heterocycles. The average molecular weight is 291 g/mol. The Kier molecular flexibility index (Phi) is 4.77. The van der Waals surface area contributed by atoms with Gasteiger partial charge in [0.25, 0.3) is 11.6 Å². The van der Waals surface area contributed by atoms with Crippen molar-refractivity contribution in [1.29, 1.82) is 0 Å². The molecule has 6 heteroatoms. The highest BCUT2D eigenvalue weighted by Gasteiger charge is 2.25. The Labute approximate surface area is 124 Å². The smallest absolute Gasteiger partial charge is 0.270 e. The van der Waals surface area contributed by atoms with Crippen LogP contribution in [0, 0.1) is 16.0 Å². The molecule has 2 N–H and O–H groups in total. The molecule has 0 radical (unpaired) electrons. The van der Waals surface area contributed by atoms with Crippen LogP contribution in [0.15, 0.2) is 18.2 Å². The third-order valence-corrected chi connectivity index (χ3v) is 4.08. The molecule has 0 aliphatic carbocycles. The molecule has 0 spiro atoms. The van der Waals surface area contributed by atoms with Crippen LogP contribution in [0.2, 0.25) is 0 Å². The van der Waals surface area contributed by atoms with E-state index in [0.29, 0.717) is 24.7 Å². The predicted octanol–water partition coefficient (Wildman–Crippen LogP) is 2.83. The highest BCUT2D eigenvalue weighted by Crippen LogP contribution is 2.26. The second-order valence-corrected chi connectivity index (χ2v) is 5.55. The first-order chi connectivity index (χ1) is 10.0. The first-order valence-corrected chi connectivity index (χ1v) is 7.36. The highest BCUT2D eigenvalue weighted by atomic mass is 16.6. The summed E-state index contributed by atoms with van der Waals surface area (Å²) >= 11 is 0. The number of hydrogen-bond donors (Lipinski definition) is 1. The molecule has 1 heterocycles. The van der Waals surface area contributed by atoms with Crippen molar-refractivity contribution in [1.82, 2.24) is 4.90 Å². The van der Waals surface area contributed by atoms with E-state index < -0.39 is 4.92 Å². The summed E-state index contributed by atoms with van der Waals surface area (Å²) in [5.41, 5.74) is 6.23. The van der Waals surface area contributed by atoms with E-state index in [1.165, 1.54) is 24.6 Å². The Morgan fingerprint density at radius 2 is 2.10 bits per heavy atom. The van der Waals surface area contributed by atoms with Gasteiger partial charge in [0.2, 0.25) is 0 Å². The van der Waals surface area contributed by atoms with Crippen molar-refractivity contribution in [2.45, 2.75) is 32.6 Å². The molecule has 0 atom stereocenters. The van der Waals surface area contributed by atoms with E-state index in [0.717, 1.165) is 19.3 Å². The van der Waals surface area contributed by atoms with Gasteiger partial charge in [0.1, 0.15) is 0 Å². The van der Waals surface area contributed by atoms with Gasteiger partial charge in [-0.25, -0.2) is 0 Å². The molecule has 0 saturated carbocycles. The van der Waals surface area contributed by atoms with Gasteiger partial charge < -0.3 is 10.6 Å². The van der Waals surface area contributed by atoms with Crippen molar-refractivity contribution in [3.05, 3.63) is 33.9 Å². The van der Waals surface area contributed by atoms with Crippen molar-refractivity contribution in [3.63, 3.8) is 0 Å². The SMILES string of the molecule is CCCC1CCN(C(=O)c2cc([N+](=O)[O-])ccc2N)CC1. The first-order valence-electron chi connectivity index (χ1n) is 7.36. The Bertz CT molecular complexity index is 537. The number of amides is 1. The van der Waals surface area contributed by atoms with Gasteiger partial charge in [-0.15, -0.1) is 0 Å². The minimum atomic E-state index is -0.510. The number of hydrogen-bond acceptors (Lipinski definition) is 4. The van der Waals surface area contributed by atoms with Crippen LogP contribution < -0.4 is 5.73 Å². The van der Waals surface area contributed by atoms with Gasteiger partial charge in [0, 0.05) is 30.9 Å². The monoisotopic (exact) mass is 291 g/mol. The number of nitro groups is 1. The molecule has 1 aromatic carbocycles. The number of nitrogens with two attached hydrogens (primary N) is 1. The molecule has 1 amide bonds. The lowest BCUT2D eigenvalue weighted by atomic mass is 9.92. The number of non-ortho nitro benzene ring substituents is 1. The third-order valence-electron chi connectivity index (χ3n) is 4.08. The van der Waals surface area contributed by atoms with Crippen LogP contribution in [0.25, 0.3) is 0 Å². The van der Waals surface area contributed by atoms with Crippen molar-refractivity contribution >= 4 is 17.3 Å². The van der Waals surface area contributed by atoms with E-state index >= 15 is 0 Å². The molecular formula is C15H21N3O3. The van der Waals surface area contributed by atoms with E-state index in [2.05, 4.69) is 6.92 Å². The number of anilines is 1. The van der Waals surface area contributed by atoms with Crippen LogP contribution in [-0.4, -0.2) is 28.8 Å². The minimum absolute atomic E-state index is 0.103. The molecule has 2 rings (SSSR count). The second kappa shape index (κ2) is 6.56. The average Bonchev–Trinajstić information content (AvgIpc) is 2.48. The topological polar surface area (TPSA) is 89.5 Å². The molecule has 1 aliphatic heterocycles. The lowest BCUT2D eigenvalue weighted by molar-refractivity contribution is -0.384. The van der Waals surface area contributed by atoms with Gasteiger partial charge in [-0.3, -0.25) is 14.9 Å². The fourth-order valence-electron chi connectivity index (χ4n) is 2.85. The van der Waals surface area contributed by atoms with Crippen LogP contribution in [0.3, 0.4) is 0 Å². The summed E-state index contributed by atoms with van der Waals surface area (Å²) < 4.78 is 0. The van der Waals surface area contributed by atoms with Gasteiger partial charge in [-0.05, 0) is 24.8 Å². The maximum absolute atomic E-state index is 12.5. The van der Waals surface area contributed by atoms with Crippen molar-refractivity contribution in [3.8, 4) is 0 Å². The number of likely N-dealkylation sites (tertiary alicyclic amines) is 1. The molecule has 114 valence electrons. The number of nitrogens with zero attached hydrogens (tertiary/aromatic N) is 2. The summed E-state index contributed by atoms with van der Waals surface area (Å²) in [6, 6.07) is 4.02. The van der Waals surface area contributed by atoms with Crippen molar-refractivity contribution in [2.75, 3.05) is 18.8 Å². The number of nitro benzene ring substituents is 1. The Morgan fingerprint density at radius 1 is 1.43 bits per heavy atom. The predicted molar refractivity (Wildman–Crippen MR) is 81.0 cm³/mol. The molecule has 0 unspecified atom stereocenters. The van der Waals surface area contributed by atoms with Gasteiger partial charge >= 0.3 is 0 Å². The molecule has 0 bridgehead atoms. The second-order valence-electron chi connectivity index (χ2n) is 5.55. The van der Waals surface area contributed by atoms with E-state index in [1.54, 1.807) is 4.90 Å². The number of piperidine rings is 1. The Hall–Kier alpha value is -2.11. The summed E-state index contributed by atoms with van der Waals surface area (Å²) in [5.74, 6) is 0.479. The van der Waals surface area contributed by atoms with Gasteiger partial charge in [0.15, 0.2) is 0 Å². The first kappa shape index (κ1) is 15.3. The van der Waals surface area contributed by atoms with Crippen LogP contribution in [0.4, 0.5) is 11.4 Å². The highest BCUT2D eigenvalue weighted by molar-refractivity contribution is 5.99. The summed E-state index contributed by atoms with van der Waals surface area (Å²) in [4.78, 5) is 24.5. The molecule has 6 nitrogen and oxygen atoms in total. The number of carbonyl (C=O) groups is 1. The summed E-state index contributed by atoms with van der Waals surface area (Å²) in [6.07, 6.45) is 4.35. The maximum Gasteiger partial charge on any atom is 0.270 e. The minimum Gasteiger partial charge on any atom is -0.398 e. The Balaban J connectivity index is 2.10. The lowest BCUT2D eigenvalue weighted by Gasteiger charge is -2.32. The number of carbonyl (C=O) groups excluding carboxylic acids is 1. The number of rotatable bonds is 4. The molecule has 1 saturated heterocycles. The molecule has 1 fully saturated rings. The van der Waals surface area contributed by atoms with E-state index in [4.69, 9.17) is 5.73 Å². The summed E-state index contributed by atoms with van der Waals surface area (Å²) in [5, 5.41) is 10.8. The molecular weight excluding hydrogens is 270 g/mol. The van der Waals surface area contributed by atoms with Crippen molar-refractivity contribution < 1.29 is 9.72 Å². The lowest BCUT2D eigenvalue weighted by Crippen LogP contribution is -2.38. The number of nitrogen functional groups attached to an aromatic ring is 1. The van der Waals surface area contributed by atoms with Crippen LogP contribution in [0.1, 0.15) is 43.0 Å². The fraction of sp³-hybridized carbons (Fsp3) is 0.533. The standard InChI is InChI=1S/C15H21N3O3/c1-2-3-11-6-8-17(9-7-11)15(19)13-10-12(18(20)21)4-5-14(13)16/h4-5,10-11H,2-3,6-9,16H2,1H3. The zero-order valence-electron chi connectivity index (χ0n) is 12.2. The summed E-state index contributed by atoms with van der Waals surface area (Å²) in [6.45, 7) is 3.57. The zero-order valence-corrected chi connectivity index (χ0v) is 12.2.